The van der Waals surface area contributed by atoms with Crippen LogP contribution in [0.4, 0.5) is 0 Å². The third kappa shape index (κ3) is 5.69. The molecule has 1 atom stereocenters. The summed E-state index contributed by atoms with van der Waals surface area (Å²) in [4.78, 5) is 15.0. The van der Waals surface area contributed by atoms with Crippen molar-refractivity contribution in [1.29, 1.82) is 0 Å². The Morgan fingerprint density at radius 2 is 1.96 bits per heavy atom. The van der Waals surface area contributed by atoms with Gasteiger partial charge in [-0.15, -0.1) is 0 Å². The molecule has 28 heavy (non-hydrogen) atoms. The molecule has 0 spiro atoms. The van der Waals surface area contributed by atoms with Gasteiger partial charge in [0.2, 0.25) is 0 Å². The number of nitrogens with zero attached hydrogens (tertiary/aromatic N) is 1. The van der Waals surface area contributed by atoms with Crippen LogP contribution in [0.2, 0.25) is 0 Å². The van der Waals surface area contributed by atoms with Crippen LogP contribution < -0.4 is 5.32 Å². The predicted molar refractivity (Wildman–Crippen MR) is 112 cm³/mol. The third-order valence-corrected chi connectivity index (χ3v) is 4.76. The first-order valence-corrected chi connectivity index (χ1v) is 9.76. The molecule has 1 aliphatic rings. The average Bonchev–Trinajstić information content (AvgIpc) is 2.66. The van der Waals surface area contributed by atoms with Gasteiger partial charge in [0.1, 0.15) is 5.60 Å². The molecule has 0 saturated heterocycles. The van der Waals surface area contributed by atoms with Crippen LogP contribution in [0.15, 0.2) is 48.5 Å². The van der Waals surface area contributed by atoms with Gasteiger partial charge < -0.3 is 10.4 Å². The number of benzene rings is 2. The van der Waals surface area contributed by atoms with Gasteiger partial charge in [-0.1, -0.05) is 42.2 Å². The molecule has 1 aliphatic heterocycles. The molecule has 0 aromatic heterocycles. The molecule has 1 amide bonds. The topological polar surface area (TPSA) is 52.6 Å². The fourth-order valence-electron chi connectivity index (χ4n) is 3.41. The van der Waals surface area contributed by atoms with Crippen LogP contribution in [0.5, 0.6) is 0 Å². The minimum absolute atomic E-state index is 0.0453. The first kappa shape index (κ1) is 20.1. The van der Waals surface area contributed by atoms with Crippen LogP contribution in [0, 0.1) is 11.8 Å². The maximum Gasteiger partial charge on any atom is 0.251 e. The van der Waals surface area contributed by atoms with Gasteiger partial charge in [-0.2, -0.15) is 0 Å². The Bertz CT molecular complexity index is 903. The maximum absolute atomic E-state index is 12.6. The van der Waals surface area contributed by atoms with Crippen molar-refractivity contribution in [3.8, 4) is 11.8 Å². The van der Waals surface area contributed by atoms with Crippen molar-refractivity contribution in [1.82, 2.24) is 10.2 Å². The molecule has 2 aromatic rings. The molecular weight excluding hydrogens is 348 g/mol. The molecule has 0 fully saturated rings. The number of hydrogen-bond acceptors (Lipinski definition) is 3. The highest BCUT2D eigenvalue weighted by molar-refractivity contribution is 5.94. The van der Waals surface area contributed by atoms with Crippen LogP contribution in [0.1, 0.15) is 47.8 Å². The van der Waals surface area contributed by atoms with E-state index < -0.39 is 5.60 Å². The number of nitrogens with one attached hydrogen (secondary N) is 1. The van der Waals surface area contributed by atoms with E-state index in [0.29, 0.717) is 5.56 Å². The summed E-state index contributed by atoms with van der Waals surface area (Å²) in [5.41, 5.74) is 3.05. The first-order chi connectivity index (χ1) is 13.3. The zero-order valence-electron chi connectivity index (χ0n) is 16.8. The molecule has 146 valence electrons. The summed E-state index contributed by atoms with van der Waals surface area (Å²) in [5.74, 6) is 5.59. The van der Waals surface area contributed by atoms with E-state index in [2.05, 4.69) is 46.3 Å². The Kier molecular flexibility index (Phi) is 6.18. The lowest BCUT2D eigenvalue weighted by Gasteiger charge is -2.31. The number of amides is 1. The van der Waals surface area contributed by atoms with Crippen LogP contribution in [0.25, 0.3) is 0 Å². The Balaban J connectivity index is 1.58. The zero-order chi connectivity index (χ0) is 20.1. The standard InChI is InChI=1S/C24H28N2O2/c1-18(16-26-14-12-20-8-4-5-9-22(20)17-26)25-23(27)21-10-6-7-19(15-21)11-13-24(2,3)28/h4-10,15,18,28H,12,14,16-17H2,1-3H3,(H,25,27). The lowest BCUT2D eigenvalue weighted by atomic mass is 9.99. The highest BCUT2D eigenvalue weighted by Crippen LogP contribution is 2.18. The van der Waals surface area contributed by atoms with Crippen molar-refractivity contribution in [2.24, 2.45) is 0 Å². The van der Waals surface area contributed by atoms with Crippen molar-refractivity contribution in [2.75, 3.05) is 13.1 Å². The van der Waals surface area contributed by atoms with E-state index >= 15 is 0 Å². The van der Waals surface area contributed by atoms with Crippen LogP contribution in [-0.4, -0.2) is 40.6 Å². The van der Waals surface area contributed by atoms with Crippen LogP contribution in [-0.2, 0) is 13.0 Å². The maximum atomic E-state index is 12.6. The largest absolute Gasteiger partial charge is 0.378 e. The molecule has 2 N–H and O–H groups in total. The molecule has 4 heteroatoms. The normalized spacial score (nSPS) is 15.1. The highest BCUT2D eigenvalue weighted by atomic mass is 16.3. The predicted octanol–water partition coefficient (Wildman–Crippen LogP) is 2.99. The monoisotopic (exact) mass is 376 g/mol. The molecule has 1 heterocycles. The summed E-state index contributed by atoms with van der Waals surface area (Å²) < 4.78 is 0. The van der Waals surface area contributed by atoms with E-state index in [0.717, 1.165) is 31.6 Å². The van der Waals surface area contributed by atoms with E-state index in [4.69, 9.17) is 0 Å². The van der Waals surface area contributed by atoms with Crippen molar-refractivity contribution in [3.05, 3.63) is 70.8 Å². The van der Waals surface area contributed by atoms with Crippen molar-refractivity contribution in [3.63, 3.8) is 0 Å². The van der Waals surface area contributed by atoms with E-state index in [9.17, 15) is 9.90 Å². The summed E-state index contributed by atoms with van der Waals surface area (Å²) in [6, 6.07) is 15.8. The van der Waals surface area contributed by atoms with Gasteiger partial charge >= 0.3 is 0 Å². The fourth-order valence-corrected chi connectivity index (χ4v) is 3.41. The second-order valence-electron chi connectivity index (χ2n) is 8.02. The SMILES string of the molecule is CC(CN1CCc2ccccc2C1)NC(=O)c1cccc(C#CC(C)(C)O)c1. The number of carbonyl (C=O) groups excluding carboxylic acids is 1. The van der Waals surface area contributed by atoms with E-state index in [1.807, 2.05) is 19.1 Å². The van der Waals surface area contributed by atoms with Gasteiger partial charge in [0.15, 0.2) is 0 Å². The van der Waals surface area contributed by atoms with Gasteiger partial charge in [-0.3, -0.25) is 9.69 Å². The van der Waals surface area contributed by atoms with Crippen molar-refractivity contribution >= 4 is 5.91 Å². The lowest BCUT2D eigenvalue weighted by molar-refractivity contribution is 0.0927. The molecule has 0 bridgehead atoms. The van der Waals surface area contributed by atoms with E-state index in [1.165, 1.54) is 11.1 Å². The Hall–Kier alpha value is -2.61. The average molecular weight is 377 g/mol. The Morgan fingerprint density at radius 1 is 1.21 bits per heavy atom. The minimum Gasteiger partial charge on any atom is -0.378 e. The second-order valence-corrected chi connectivity index (χ2v) is 8.02. The second kappa shape index (κ2) is 8.60. The quantitative estimate of drug-likeness (QED) is 0.807. The molecule has 2 aromatic carbocycles. The van der Waals surface area contributed by atoms with Gasteiger partial charge in [0.05, 0.1) is 0 Å². The van der Waals surface area contributed by atoms with Gasteiger partial charge in [-0.05, 0) is 56.5 Å². The molecule has 0 saturated carbocycles. The molecule has 4 nitrogen and oxygen atoms in total. The van der Waals surface area contributed by atoms with Crippen LogP contribution >= 0.6 is 0 Å². The zero-order valence-corrected chi connectivity index (χ0v) is 16.8. The third-order valence-electron chi connectivity index (χ3n) is 4.76. The molecular formula is C24H28N2O2. The molecule has 0 aliphatic carbocycles. The van der Waals surface area contributed by atoms with Crippen molar-refractivity contribution in [2.45, 2.75) is 45.4 Å². The Labute approximate surface area is 167 Å². The van der Waals surface area contributed by atoms with E-state index in [1.54, 1.807) is 26.0 Å². The smallest absolute Gasteiger partial charge is 0.251 e. The number of fused-ring (bicyclic) bond motifs is 1. The summed E-state index contributed by atoms with van der Waals surface area (Å²) in [6.45, 7) is 8.07. The number of rotatable bonds is 4. The fraction of sp³-hybridized carbons (Fsp3) is 0.375. The number of aliphatic hydroxyl groups is 1. The van der Waals surface area contributed by atoms with Gasteiger partial charge in [0, 0.05) is 36.8 Å². The first-order valence-electron chi connectivity index (χ1n) is 9.76. The minimum atomic E-state index is -1.06. The van der Waals surface area contributed by atoms with Gasteiger partial charge in [0.25, 0.3) is 5.91 Å². The summed E-state index contributed by atoms with van der Waals surface area (Å²) >= 11 is 0. The summed E-state index contributed by atoms with van der Waals surface area (Å²) in [5, 5.41) is 12.8. The highest BCUT2D eigenvalue weighted by Gasteiger charge is 2.19. The number of carbonyl (C=O) groups is 1. The number of hydrogen-bond donors (Lipinski definition) is 2. The molecule has 3 rings (SSSR count). The Morgan fingerprint density at radius 3 is 2.71 bits per heavy atom. The van der Waals surface area contributed by atoms with Crippen LogP contribution in [0.3, 0.4) is 0 Å². The summed E-state index contributed by atoms with van der Waals surface area (Å²) in [6.07, 6.45) is 1.05. The van der Waals surface area contributed by atoms with Crippen molar-refractivity contribution < 1.29 is 9.90 Å². The van der Waals surface area contributed by atoms with Gasteiger partial charge in [-0.25, -0.2) is 0 Å². The van der Waals surface area contributed by atoms with E-state index in [-0.39, 0.29) is 11.9 Å². The molecule has 0 radical (unpaired) electrons. The lowest BCUT2D eigenvalue weighted by Crippen LogP contribution is -2.43. The summed E-state index contributed by atoms with van der Waals surface area (Å²) in [7, 11) is 0. The molecule has 1 unspecified atom stereocenters.